The fraction of sp³-hybridized carbons (Fsp3) is 0.333. The molecule has 3 heteroatoms. The Labute approximate surface area is 107 Å². The van der Waals surface area contributed by atoms with E-state index in [2.05, 4.69) is 28.4 Å². The first-order valence-corrected chi connectivity index (χ1v) is 6.46. The average molecular weight is 239 g/mol. The molecule has 1 aromatic heterocycles. The molecule has 0 bridgehead atoms. The SMILES string of the molecule is NC(Cc1ccc2c(c1)CCC2)c1ccnnc1. The Balaban J connectivity index is 1.77. The summed E-state index contributed by atoms with van der Waals surface area (Å²) in [6.07, 6.45) is 8.04. The molecule has 0 amide bonds. The molecule has 92 valence electrons. The summed E-state index contributed by atoms with van der Waals surface area (Å²) in [5.74, 6) is 0. The Bertz CT molecular complexity index is 537. The molecule has 1 aliphatic carbocycles. The molecule has 3 rings (SSSR count). The van der Waals surface area contributed by atoms with E-state index in [1.165, 1.54) is 36.0 Å². The lowest BCUT2D eigenvalue weighted by molar-refractivity contribution is 0.712. The van der Waals surface area contributed by atoms with Gasteiger partial charge >= 0.3 is 0 Å². The van der Waals surface area contributed by atoms with Gasteiger partial charge in [0.15, 0.2) is 0 Å². The molecule has 1 aliphatic rings. The average Bonchev–Trinajstić information content (AvgIpc) is 2.87. The van der Waals surface area contributed by atoms with Gasteiger partial charge in [-0.1, -0.05) is 18.2 Å². The number of nitrogens with two attached hydrogens (primary N) is 1. The van der Waals surface area contributed by atoms with Gasteiger partial charge in [0.2, 0.25) is 0 Å². The Kier molecular flexibility index (Phi) is 3.07. The standard InChI is InChI=1S/C15H17N3/c16-15(14-6-7-17-18-10-14)9-11-4-5-12-2-1-3-13(12)8-11/h4-8,10,15H,1-3,9,16H2. The van der Waals surface area contributed by atoms with E-state index < -0.39 is 0 Å². The maximum absolute atomic E-state index is 6.20. The minimum atomic E-state index is -0.0000435. The van der Waals surface area contributed by atoms with Gasteiger partial charge < -0.3 is 5.73 Å². The van der Waals surface area contributed by atoms with Crippen molar-refractivity contribution in [2.45, 2.75) is 31.7 Å². The summed E-state index contributed by atoms with van der Waals surface area (Å²) < 4.78 is 0. The van der Waals surface area contributed by atoms with Crippen LogP contribution in [0.25, 0.3) is 0 Å². The van der Waals surface area contributed by atoms with Crippen molar-refractivity contribution in [2.24, 2.45) is 5.73 Å². The van der Waals surface area contributed by atoms with Crippen LogP contribution in [0, 0.1) is 0 Å². The zero-order valence-corrected chi connectivity index (χ0v) is 10.3. The first kappa shape index (κ1) is 11.4. The third-order valence-electron chi connectivity index (χ3n) is 3.65. The van der Waals surface area contributed by atoms with Crippen molar-refractivity contribution in [3.63, 3.8) is 0 Å². The fourth-order valence-electron chi connectivity index (χ4n) is 2.64. The Morgan fingerprint density at radius 1 is 1.11 bits per heavy atom. The Morgan fingerprint density at radius 2 is 2.00 bits per heavy atom. The van der Waals surface area contributed by atoms with Crippen LogP contribution in [0.4, 0.5) is 0 Å². The third-order valence-corrected chi connectivity index (χ3v) is 3.65. The van der Waals surface area contributed by atoms with Crippen molar-refractivity contribution in [1.29, 1.82) is 0 Å². The van der Waals surface area contributed by atoms with Crippen LogP contribution in [0.3, 0.4) is 0 Å². The number of hydrogen-bond donors (Lipinski definition) is 1. The second-order valence-corrected chi connectivity index (χ2v) is 4.94. The number of fused-ring (bicyclic) bond motifs is 1. The van der Waals surface area contributed by atoms with Crippen LogP contribution in [-0.2, 0) is 19.3 Å². The van der Waals surface area contributed by atoms with Gasteiger partial charge in [-0.15, -0.1) is 0 Å². The number of aryl methyl sites for hydroxylation is 2. The summed E-state index contributed by atoms with van der Waals surface area (Å²) >= 11 is 0. The first-order chi connectivity index (χ1) is 8.83. The monoisotopic (exact) mass is 239 g/mol. The summed E-state index contributed by atoms with van der Waals surface area (Å²) in [5.41, 5.74) is 11.6. The van der Waals surface area contributed by atoms with Crippen molar-refractivity contribution in [2.75, 3.05) is 0 Å². The highest BCUT2D eigenvalue weighted by Crippen LogP contribution is 2.24. The quantitative estimate of drug-likeness (QED) is 0.893. The van der Waals surface area contributed by atoms with Crippen molar-refractivity contribution in [1.82, 2.24) is 10.2 Å². The van der Waals surface area contributed by atoms with E-state index in [1.54, 1.807) is 12.4 Å². The lowest BCUT2D eigenvalue weighted by Crippen LogP contribution is -2.13. The largest absolute Gasteiger partial charge is 0.324 e. The maximum Gasteiger partial charge on any atom is 0.0544 e. The van der Waals surface area contributed by atoms with Crippen molar-refractivity contribution in [3.05, 3.63) is 58.9 Å². The van der Waals surface area contributed by atoms with E-state index in [4.69, 9.17) is 5.73 Å². The van der Waals surface area contributed by atoms with Crippen LogP contribution in [0.15, 0.2) is 36.7 Å². The predicted molar refractivity (Wildman–Crippen MR) is 71.1 cm³/mol. The molecule has 1 aromatic carbocycles. The summed E-state index contributed by atoms with van der Waals surface area (Å²) in [5, 5.41) is 7.65. The lowest BCUT2D eigenvalue weighted by Gasteiger charge is -2.12. The van der Waals surface area contributed by atoms with Crippen LogP contribution in [0.2, 0.25) is 0 Å². The van der Waals surface area contributed by atoms with E-state index in [0.29, 0.717) is 0 Å². The molecule has 3 nitrogen and oxygen atoms in total. The van der Waals surface area contributed by atoms with Gasteiger partial charge in [0.1, 0.15) is 0 Å². The highest BCUT2D eigenvalue weighted by atomic mass is 15.1. The number of aromatic nitrogens is 2. The van der Waals surface area contributed by atoms with Crippen LogP contribution in [0.5, 0.6) is 0 Å². The highest BCUT2D eigenvalue weighted by Gasteiger charge is 2.13. The zero-order chi connectivity index (χ0) is 12.4. The van der Waals surface area contributed by atoms with Crippen LogP contribution >= 0.6 is 0 Å². The molecule has 18 heavy (non-hydrogen) atoms. The number of benzene rings is 1. The summed E-state index contributed by atoms with van der Waals surface area (Å²) in [4.78, 5) is 0. The number of nitrogens with zero attached hydrogens (tertiary/aromatic N) is 2. The smallest absolute Gasteiger partial charge is 0.0544 e. The second-order valence-electron chi connectivity index (χ2n) is 4.94. The minimum Gasteiger partial charge on any atom is -0.324 e. The molecular formula is C15H17N3. The van der Waals surface area contributed by atoms with Crippen molar-refractivity contribution >= 4 is 0 Å². The molecule has 0 aliphatic heterocycles. The van der Waals surface area contributed by atoms with Gasteiger partial charge in [-0.2, -0.15) is 10.2 Å². The van der Waals surface area contributed by atoms with E-state index in [-0.39, 0.29) is 6.04 Å². The summed E-state index contributed by atoms with van der Waals surface area (Å²) in [7, 11) is 0. The van der Waals surface area contributed by atoms with Gasteiger partial charge in [0.25, 0.3) is 0 Å². The van der Waals surface area contributed by atoms with Gasteiger partial charge in [0.05, 0.1) is 6.20 Å². The molecular weight excluding hydrogens is 222 g/mol. The molecule has 0 saturated heterocycles. The molecule has 0 spiro atoms. The second kappa shape index (κ2) is 4.86. The molecule has 1 atom stereocenters. The van der Waals surface area contributed by atoms with Gasteiger partial charge in [-0.05, 0) is 54.0 Å². The van der Waals surface area contributed by atoms with Crippen LogP contribution in [-0.4, -0.2) is 10.2 Å². The molecule has 0 saturated carbocycles. The van der Waals surface area contributed by atoms with Gasteiger partial charge in [0, 0.05) is 12.2 Å². The van der Waals surface area contributed by atoms with E-state index in [1.807, 2.05) is 6.07 Å². The van der Waals surface area contributed by atoms with Crippen LogP contribution < -0.4 is 5.73 Å². The molecule has 1 heterocycles. The maximum atomic E-state index is 6.20. The number of hydrogen-bond acceptors (Lipinski definition) is 3. The molecule has 0 radical (unpaired) electrons. The Morgan fingerprint density at radius 3 is 2.83 bits per heavy atom. The normalized spacial score (nSPS) is 15.4. The first-order valence-electron chi connectivity index (χ1n) is 6.46. The van der Waals surface area contributed by atoms with E-state index >= 15 is 0 Å². The van der Waals surface area contributed by atoms with Gasteiger partial charge in [-0.25, -0.2) is 0 Å². The molecule has 2 aromatic rings. The molecule has 2 N–H and O–H groups in total. The van der Waals surface area contributed by atoms with E-state index in [0.717, 1.165) is 12.0 Å². The molecule has 0 fully saturated rings. The molecule has 1 unspecified atom stereocenters. The summed E-state index contributed by atoms with van der Waals surface area (Å²) in [6.45, 7) is 0. The minimum absolute atomic E-state index is 0.0000435. The van der Waals surface area contributed by atoms with Crippen molar-refractivity contribution in [3.8, 4) is 0 Å². The fourth-order valence-corrected chi connectivity index (χ4v) is 2.64. The lowest BCUT2D eigenvalue weighted by atomic mass is 9.98. The highest BCUT2D eigenvalue weighted by molar-refractivity contribution is 5.36. The van der Waals surface area contributed by atoms with Crippen molar-refractivity contribution < 1.29 is 0 Å². The topological polar surface area (TPSA) is 51.8 Å². The third kappa shape index (κ3) is 2.27. The number of rotatable bonds is 3. The Hall–Kier alpha value is -1.74. The zero-order valence-electron chi connectivity index (χ0n) is 10.3. The predicted octanol–water partition coefficient (Wildman–Crippen LogP) is 2.21. The van der Waals surface area contributed by atoms with Gasteiger partial charge in [-0.3, -0.25) is 0 Å². The van der Waals surface area contributed by atoms with Crippen LogP contribution in [0.1, 0.15) is 34.7 Å². The van der Waals surface area contributed by atoms with E-state index in [9.17, 15) is 0 Å². The summed E-state index contributed by atoms with van der Waals surface area (Å²) in [6, 6.07) is 8.72.